The number of rotatable bonds is 4. The van der Waals surface area contributed by atoms with Crippen molar-refractivity contribution in [3.63, 3.8) is 0 Å². The molecule has 1 aromatic rings. The molecule has 6 heteroatoms. The minimum Gasteiger partial charge on any atom is -0.369 e. The standard InChI is InChI=1S/C12H15F3N2O/c1-6(2)16-12(18)7(3)17-11-9(14)4-8(13)5-10(11)15/h4-7,17H,1-3H3,(H,16,18). The number of halogens is 3. The third-order valence-corrected chi connectivity index (χ3v) is 2.19. The van der Waals surface area contributed by atoms with Gasteiger partial charge in [-0.25, -0.2) is 13.2 Å². The van der Waals surface area contributed by atoms with Crippen LogP contribution in [0.25, 0.3) is 0 Å². The first-order valence-corrected chi connectivity index (χ1v) is 5.52. The van der Waals surface area contributed by atoms with Crippen LogP contribution < -0.4 is 10.6 Å². The summed E-state index contributed by atoms with van der Waals surface area (Å²) in [6, 6.07) is 0.197. The Morgan fingerprint density at radius 1 is 1.11 bits per heavy atom. The van der Waals surface area contributed by atoms with E-state index in [1.165, 1.54) is 6.92 Å². The maximum Gasteiger partial charge on any atom is 0.242 e. The van der Waals surface area contributed by atoms with Crippen LogP contribution in [0.4, 0.5) is 18.9 Å². The van der Waals surface area contributed by atoms with Crippen LogP contribution in [-0.4, -0.2) is 18.0 Å². The highest BCUT2D eigenvalue weighted by molar-refractivity contribution is 5.84. The molecule has 0 fully saturated rings. The number of hydrogen-bond donors (Lipinski definition) is 2. The van der Waals surface area contributed by atoms with Crippen molar-refractivity contribution in [2.45, 2.75) is 32.9 Å². The van der Waals surface area contributed by atoms with Gasteiger partial charge < -0.3 is 10.6 Å². The molecule has 3 nitrogen and oxygen atoms in total. The van der Waals surface area contributed by atoms with Crippen molar-refractivity contribution in [2.24, 2.45) is 0 Å². The number of nitrogens with one attached hydrogen (secondary N) is 2. The van der Waals surface area contributed by atoms with Crippen LogP contribution in [0.1, 0.15) is 20.8 Å². The Labute approximate surface area is 103 Å². The van der Waals surface area contributed by atoms with Crippen molar-refractivity contribution >= 4 is 11.6 Å². The largest absolute Gasteiger partial charge is 0.369 e. The summed E-state index contributed by atoms with van der Waals surface area (Å²) in [5, 5.41) is 4.97. The van der Waals surface area contributed by atoms with Gasteiger partial charge in [0.15, 0.2) is 11.6 Å². The lowest BCUT2D eigenvalue weighted by Gasteiger charge is -2.17. The predicted octanol–water partition coefficient (Wildman–Crippen LogP) is 2.43. The quantitative estimate of drug-likeness (QED) is 0.873. The second-order valence-corrected chi connectivity index (χ2v) is 4.27. The van der Waals surface area contributed by atoms with Gasteiger partial charge >= 0.3 is 0 Å². The monoisotopic (exact) mass is 260 g/mol. The van der Waals surface area contributed by atoms with Gasteiger partial charge in [-0.2, -0.15) is 0 Å². The van der Waals surface area contributed by atoms with Gasteiger partial charge in [0.1, 0.15) is 17.5 Å². The van der Waals surface area contributed by atoms with E-state index < -0.39 is 35.1 Å². The Balaban J connectivity index is 2.82. The fourth-order valence-electron chi connectivity index (χ4n) is 1.37. The fraction of sp³-hybridized carbons (Fsp3) is 0.417. The molecule has 0 radical (unpaired) electrons. The molecule has 2 N–H and O–H groups in total. The van der Waals surface area contributed by atoms with Crippen molar-refractivity contribution in [3.8, 4) is 0 Å². The van der Waals surface area contributed by atoms with Gasteiger partial charge in [0.05, 0.1) is 0 Å². The summed E-state index contributed by atoms with van der Waals surface area (Å²) < 4.78 is 39.3. The van der Waals surface area contributed by atoms with Crippen LogP contribution in [0.15, 0.2) is 12.1 Å². The smallest absolute Gasteiger partial charge is 0.242 e. The zero-order valence-electron chi connectivity index (χ0n) is 10.4. The first-order chi connectivity index (χ1) is 8.31. The van der Waals surface area contributed by atoms with E-state index in [9.17, 15) is 18.0 Å². The summed E-state index contributed by atoms with van der Waals surface area (Å²) in [6.07, 6.45) is 0. The van der Waals surface area contributed by atoms with Crippen LogP contribution in [0.5, 0.6) is 0 Å². The van der Waals surface area contributed by atoms with Gasteiger partial charge in [-0.3, -0.25) is 4.79 Å². The molecule has 0 aliphatic carbocycles. The molecule has 0 bridgehead atoms. The lowest BCUT2D eigenvalue weighted by Crippen LogP contribution is -2.41. The highest BCUT2D eigenvalue weighted by atomic mass is 19.1. The summed E-state index contributed by atoms with van der Waals surface area (Å²) in [5.74, 6) is -3.55. The summed E-state index contributed by atoms with van der Waals surface area (Å²) in [5.41, 5.74) is -0.511. The average molecular weight is 260 g/mol. The Morgan fingerprint density at radius 2 is 1.61 bits per heavy atom. The molecule has 1 amide bonds. The third kappa shape index (κ3) is 3.65. The zero-order chi connectivity index (χ0) is 13.9. The highest BCUT2D eigenvalue weighted by Crippen LogP contribution is 2.20. The van der Waals surface area contributed by atoms with Crippen molar-refractivity contribution < 1.29 is 18.0 Å². The normalized spacial score (nSPS) is 12.4. The number of carbonyl (C=O) groups is 1. The second-order valence-electron chi connectivity index (χ2n) is 4.27. The van der Waals surface area contributed by atoms with Gasteiger partial charge in [0.2, 0.25) is 5.91 Å². The van der Waals surface area contributed by atoms with Gasteiger partial charge in [-0.1, -0.05) is 0 Å². The Bertz CT molecular complexity index is 426. The first kappa shape index (κ1) is 14.3. The minimum atomic E-state index is -1.07. The molecule has 0 aromatic heterocycles. The maximum absolute atomic E-state index is 13.3. The summed E-state index contributed by atoms with van der Waals surface area (Å²) in [7, 11) is 0. The number of hydrogen-bond acceptors (Lipinski definition) is 2. The van der Waals surface area contributed by atoms with E-state index in [4.69, 9.17) is 0 Å². The molecule has 1 unspecified atom stereocenters. The number of amides is 1. The van der Waals surface area contributed by atoms with Gasteiger partial charge in [-0.05, 0) is 20.8 Å². The third-order valence-electron chi connectivity index (χ3n) is 2.19. The van der Waals surface area contributed by atoms with E-state index in [0.29, 0.717) is 12.1 Å². The summed E-state index contributed by atoms with van der Waals surface area (Å²) in [6.45, 7) is 4.99. The van der Waals surface area contributed by atoms with Crippen LogP contribution in [0.3, 0.4) is 0 Å². The maximum atomic E-state index is 13.3. The van der Waals surface area contributed by atoms with E-state index in [0.717, 1.165) is 0 Å². The van der Waals surface area contributed by atoms with Crippen molar-refractivity contribution in [1.82, 2.24) is 5.32 Å². The number of benzene rings is 1. The molecule has 100 valence electrons. The molecule has 0 spiro atoms. The van der Waals surface area contributed by atoms with Crippen LogP contribution in [-0.2, 0) is 4.79 Å². The highest BCUT2D eigenvalue weighted by Gasteiger charge is 2.18. The molecule has 0 heterocycles. The number of anilines is 1. The summed E-state index contributed by atoms with van der Waals surface area (Å²) in [4.78, 5) is 11.6. The summed E-state index contributed by atoms with van der Waals surface area (Å²) >= 11 is 0. The molecule has 0 aliphatic rings. The van der Waals surface area contributed by atoms with Crippen molar-refractivity contribution in [3.05, 3.63) is 29.6 Å². The van der Waals surface area contributed by atoms with E-state index in [1.807, 2.05) is 0 Å². The Hall–Kier alpha value is -1.72. The lowest BCUT2D eigenvalue weighted by molar-refractivity contribution is -0.122. The van der Waals surface area contributed by atoms with E-state index in [1.54, 1.807) is 13.8 Å². The second kappa shape index (κ2) is 5.75. The average Bonchev–Trinajstić information content (AvgIpc) is 2.21. The SMILES string of the molecule is CC(C)NC(=O)C(C)Nc1c(F)cc(F)cc1F. The van der Waals surface area contributed by atoms with Gasteiger partial charge in [-0.15, -0.1) is 0 Å². The molecular weight excluding hydrogens is 245 g/mol. The zero-order valence-corrected chi connectivity index (χ0v) is 10.4. The van der Waals surface area contributed by atoms with Crippen molar-refractivity contribution in [2.75, 3.05) is 5.32 Å². The van der Waals surface area contributed by atoms with Crippen molar-refractivity contribution in [1.29, 1.82) is 0 Å². The Kier molecular flexibility index (Phi) is 4.58. The molecule has 18 heavy (non-hydrogen) atoms. The van der Waals surface area contributed by atoms with Crippen LogP contribution >= 0.6 is 0 Å². The molecule has 0 saturated heterocycles. The fourth-order valence-corrected chi connectivity index (χ4v) is 1.37. The van der Waals surface area contributed by atoms with E-state index >= 15 is 0 Å². The van der Waals surface area contributed by atoms with Crippen LogP contribution in [0.2, 0.25) is 0 Å². The molecule has 1 atom stereocenters. The number of carbonyl (C=O) groups excluding carboxylic acids is 1. The van der Waals surface area contributed by atoms with Gasteiger partial charge in [0.25, 0.3) is 0 Å². The first-order valence-electron chi connectivity index (χ1n) is 5.52. The van der Waals surface area contributed by atoms with Crippen LogP contribution in [0, 0.1) is 17.5 Å². The molecule has 1 aromatic carbocycles. The van der Waals surface area contributed by atoms with Gasteiger partial charge in [0, 0.05) is 18.2 Å². The molecular formula is C12H15F3N2O. The van der Waals surface area contributed by atoms with E-state index in [-0.39, 0.29) is 6.04 Å². The predicted molar refractivity (Wildman–Crippen MR) is 62.7 cm³/mol. The topological polar surface area (TPSA) is 41.1 Å². The molecule has 1 rings (SSSR count). The van der Waals surface area contributed by atoms with E-state index in [2.05, 4.69) is 10.6 Å². The lowest BCUT2D eigenvalue weighted by atomic mass is 10.2. The molecule has 0 saturated carbocycles. The molecule has 0 aliphatic heterocycles. The minimum absolute atomic E-state index is 0.0790. The Morgan fingerprint density at radius 3 is 2.06 bits per heavy atom.